The van der Waals surface area contributed by atoms with Crippen LogP contribution in [0.2, 0.25) is 0 Å². The third kappa shape index (κ3) is 4.78. The first-order chi connectivity index (χ1) is 7.80. The minimum Gasteiger partial charge on any atom is -0.395 e. The van der Waals surface area contributed by atoms with Crippen LogP contribution in [-0.2, 0) is 4.74 Å². The second kappa shape index (κ2) is 8.01. The van der Waals surface area contributed by atoms with E-state index in [2.05, 4.69) is 4.90 Å². The van der Waals surface area contributed by atoms with E-state index in [-0.39, 0.29) is 13.2 Å². The summed E-state index contributed by atoms with van der Waals surface area (Å²) in [6.07, 6.45) is 5.14. The van der Waals surface area contributed by atoms with Gasteiger partial charge in [-0.2, -0.15) is 0 Å². The molecule has 4 nitrogen and oxygen atoms in total. The van der Waals surface area contributed by atoms with Crippen molar-refractivity contribution in [3.8, 4) is 0 Å². The highest BCUT2D eigenvalue weighted by Crippen LogP contribution is 2.26. The number of methoxy groups -OCH3 is 1. The number of hydrogen-bond donors (Lipinski definition) is 2. The maximum Gasteiger partial charge on any atom is 0.0571 e. The van der Waals surface area contributed by atoms with Gasteiger partial charge in [-0.05, 0) is 31.6 Å². The van der Waals surface area contributed by atoms with Crippen molar-refractivity contribution in [2.75, 3.05) is 40.0 Å². The lowest BCUT2D eigenvalue weighted by molar-refractivity contribution is 0.0464. The molecule has 16 heavy (non-hydrogen) atoms. The van der Waals surface area contributed by atoms with Crippen LogP contribution >= 0.6 is 0 Å². The zero-order valence-corrected chi connectivity index (χ0v) is 10.3. The van der Waals surface area contributed by atoms with Crippen molar-refractivity contribution in [3.05, 3.63) is 0 Å². The smallest absolute Gasteiger partial charge is 0.0571 e. The van der Waals surface area contributed by atoms with Gasteiger partial charge in [0.1, 0.15) is 0 Å². The molecule has 1 rings (SSSR count). The molecule has 1 fully saturated rings. The SMILES string of the molecule is COC1CCC(CN(CCO)CCO)CC1. The lowest BCUT2D eigenvalue weighted by Gasteiger charge is -2.31. The molecule has 0 aliphatic heterocycles. The molecule has 0 amide bonds. The van der Waals surface area contributed by atoms with Gasteiger partial charge in [0.15, 0.2) is 0 Å². The molecule has 0 bridgehead atoms. The van der Waals surface area contributed by atoms with E-state index in [0.29, 0.717) is 25.1 Å². The van der Waals surface area contributed by atoms with Gasteiger partial charge < -0.3 is 14.9 Å². The van der Waals surface area contributed by atoms with E-state index in [0.717, 1.165) is 19.4 Å². The Kier molecular flexibility index (Phi) is 6.96. The van der Waals surface area contributed by atoms with Crippen LogP contribution in [0.1, 0.15) is 25.7 Å². The van der Waals surface area contributed by atoms with E-state index < -0.39 is 0 Å². The monoisotopic (exact) mass is 231 g/mol. The molecule has 96 valence electrons. The average molecular weight is 231 g/mol. The molecule has 0 unspecified atom stereocenters. The zero-order valence-electron chi connectivity index (χ0n) is 10.3. The minimum absolute atomic E-state index is 0.174. The van der Waals surface area contributed by atoms with Gasteiger partial charge >= 0.3 is 0 Å². The molecule has 1 saturated carbocycles. The predicted octanol–water partition coefficient (Wildman–Crippen LogP) is 0.478. The summed E-state index contributed by atoms with van der Waals surface area (Å²) < 4.78 is 5.35. The standard InChI is InChI=1S/C12H25NO3/c1-16-12-4-2-11(3-5-12)10-13(6-8-14)7-9-15/h11-12,14-15H,2-10H2,1H3. The fourth-order valence-electron chi connectivity index (χ4n) is 2.49. The number of aliphatic hydroxyl groups excluding tert-OH is 2. The summed E-state index contributed by atoms with van der Waals surface area (Å²) in [5.41, 5.74) is 0. The Labute approximate surface area is 98.2 Å². The summed E-state index contributed by atoms with van der Waals surface area (Å²) in [5, 5.41) is 17.9. The van der Waals surface area contributed by atoms with Gasteiger partial charge in [-0.15, -0.1) is 0 Å². The van der Waals surface area contributed by atoms with E-state index >= 15 is 0 Å². The highest BCUT2D eigenvalue weighted by Gasteiger charge is 2.22. The van der Waals surface area contributed by atoms with Crippen LogP contribution in [0.25, 0.3) is 0 Å². The van der Waals surface area contributed by atoms with Crippen molar-refractivity contribution in [3.63, 3.8) is 0 Å². The van der Waals surface area contributed by atoms with E-state index in [1.54, 1.807) is 7.11 Å². The van der Waals surface area contributed by atoms with Crippen molar-refractivity contribution in [1.29, 1.82) is 0 Å². The number of hydrogen-bond acceptors (Lipinski definition) is 4. The van der Waals surface area contributed by atoms with Crippen LogP contribution in [0.4, 0.5) is 0 Å². The Morgan fingerprint density at radius 3 is 2.06 bits per heavy atom. The van der Waals surface area contributed by atoms with Gasteiger partial charge in [0.2, 0.25) is 0 Å². The van der Waals surface area contributed by atoms with Gasteiger partial charge in [0, 0.05) is 26.7 Å². The summed E-state index contributed by atoms with van der Waals surface area (Å²) in [6, 6.07) is 0. The third-order valence-electron chi connectivity index (χ3n) is 3.48. The highest BCUT2D eigenvalue weighted by atomic mass is 16.5. The van der Waals surface area contributed by atoms with Gasteiger partial charge in [-0.1, -0.05) is 0 Å². The second-order valence-corrected chi connectivity index (χ2v) is 4.63. The van der Waals surface area contributed by atoms with Crippen molar-refractivity contribution in [1.82, 2.24) is 4.90 Å². The Morgan fingerprint density at radius 2 is 1.62 bits per heavy atom. The van der Waals surface area contributed by atoms with E-state index in [1.807, 2.05) is 0 Å². The maximum atomic E-state index is 8.93. The van der Waals surface area contributed by atoms with Crippen LogP contribution in [-0.4, -0.2) is 61.2 Å². The van der Waals surface area contributed by atoms with E-state index in [4.69, 9.17) is 14.9 Å². The Balaban J connectivity index is 2.24. The van der Waals surface area contributed by atoms with Crippen molar-refractivity contribution < 1.29 is 14.9 Å². The molecule has 4 heteroatoms. The normalized spacial score (nSPS) is 26.2. The lowest BCUT2D eigenvalue weighted by Crippen LogP contribution is -2.36. The van der Waals surface area contributed by atoms with E-state index in [9.17, 15) is 0 Å². The Hall–Kier alpha value is -0.160. The van der Waals surface area contributed by atoms with Crippen LogP contribution in [0.5, 0.6) is 0 Å². The average Bonchev–Trinajstić information content (AvgIpc) is 2.31. The van der Waals surface area contributed by atoms with Gasteiger partial charge in [-0.25, -0.2) is 0 Å². The van der Waals surface area contributed by atoms with Gasteiger partial charge in [0.05, 0.1) is 19.3 Å². The molecule has 0 aromatic carbocycles. The fraction of sp³-hybridized carbons (Fsp3) is 1.00. The second-order valence-electron chi connectivity index (χ2n) is 4.63. The summed E-state index contributed by atoms with van der Waals surface area (Å²) in [7, 11) is 1.79. The Bertz CT molecular complexity index is 164. The van der Waals surface area contributed by atoms with Crippen LogP contribution in [0.15, 0.2) is 0 Å². The first-order valence-corrected chi connectivity index (χ1v) is 6.27. The van der Waals surface area contributed by atoms with Crippen LogP contribution < -0.4 is 0 Å². The molecule has 0 aromatic rings. The van der Waals surface area contributed by atoms with Crippen molar-refractivity contribution >= 4 is 0 Å². The van der Waals surface area contributed by atoms with Crippen LogP contribution in [0, 0.1) is 5.92 Å². The summed E-state index contributed by atoms with van der Waals surface area (Å²) >= 11 is 0. The minimum atomic E-state index is 0.174. The molecule has 0 heterocycles. The molecule has 0 aromatic heterocycles. The Morgan fingerprint density at radius 1 is 1.06 bits per heavy atom. The molecule has 0 spiro atoms. The van der Waals surface area contributed by atoms with Crippen molar-refractivity contribution in [2.24, 2.45) is 5.92 Å². The summed E-state index contributed by atoms with van der Waals surface area (Å²) in [4.78, 5) is 2.15. The number of ether oxygens (including phenoxy) is 1. The topological polar surface area (TPSA) is 52.9 Å². The molecular weight excluding hydrogens is 206 g/mol. The third-order valence-corrected chi connectivity index (χ3v) is 3.48. The number of rotatable bonds is 7. The summed E-state index contributed by atoms with van der Waals surface area (Å²) in [5.74, 6) is 0.699. The summed E-state index contributed by atoms with van der Waals surface area (Å²) in [6.45, 7) is 2.69. The fourth-order valence-corrected chi connectivity index (χ4v) is 2.49. The first kappa shape index (κ1) is 13.9. The molecular formula is C12H25NO3. The zero-order chi connectivity index (χ0) is 11.8. The molecule has 0 saturated heterocycles. The van der Waals surface area contributed by atoms with Crippen molar-refractivity contribution in [2.45, 2.75) is 31.8 Å². The van der Waals surface area contributed by atoms with Crippen LogP contribution in [0.3, 0.4) is 0 Å². The number of aliphatic hydroxyl groups is 2. The molecule has 1 aliphatic carbocycles. The highest BCUT2D eigenvalue weighted by molar-refractivity contribution is 4.75. The lowest BCUT2D eigenvalue weighted by atomic mass is 9.87. The molecule has 1 aliphatic rings. The van der Waals surface area contributed by atoms with E-state index in [1.165, 1.54) is 12.8 Å². The first-order valence-electron chi connectivity index (χ1n) is 6.27. The molecule has 2 N–H and O–H groups in total. The number of nitrogens with zero attached hydrogens (tertiary/aromatic N) is 1. The maximum absolute atomic E-state index is 8.93. The van der Waals surface area contributed by atoms with Gasteiger partial charge in [0.25, 0.3) is 0 Å². The van der Waals surface area contributed by atoms with Gasteiger partial charge in [-0.3, -0.25) is 4.90 Å². The predicted molar refractivity (Wildman–Crippen MR) is 63.4 cm³/mol. The quantitative estimate of drug-likeness (QED) is 0.669. The molecule has 0 atom stereocenters. The molecule has 0 radical (unpaired) electrons. The largest absolute Gasteiger partial charge is 0.395 e.